The summed E-state index contributed by atoms with van der Waals surface area (Å²) in [5.41, 5.74) is 9.96. The molecule has 2 N–H and O–H groups in total. The second-order valence-corrected chi connectivity index (χ2v) is 4.42. The summed E-state index contributed by atoms with van der Waals surface area (Å²) in [6.07, 6.45) is 1.78. The quantitative estimate of drug-likeness (QED) is 0.695. The molecule has 0 aliphatic carbocycles. The topological polar surface area (TPSA) is 38.9 Å². The number of aryl methyl sites for hydroxylation is 1. The molecule has 0 amide bonds. The summed E-state index contributed by atoms with van der Waals surface area (Å²) in [5.74, 6) is 0. The van der Waals surface area contributed by atoms with E-state index in [1.165, 1.54) is 16.3 Å². The number of rotatable bonds is 1. The lowest BCUT2D eigenvalue weighted by Crippen LogP contribution is -1.95. The normalized spacial score (nSPS) is 10.7. The van der Waals surface area contributed by atoms with E-state index in [1.807, 2.05) is 24.3 Å². The minimum Gasteiger partial charge on any atom is -0.397 e. The first-order valence-corrected chi connectivity index (χ1v) is 5.96. The Morgan fingerprint density at radius 3 is 2.61 bits per heavy atom. The highest BCUT2D eigenvalue weighted by molar-refractivity contribution is 5.99. The van der Waals surface area contributed by atoms with Crippen molar-refractivity contribution in [3.8, 4) is 11.3 Å². The summed E-state index contributed by atoms with van der Waals surface area (Å²) in [5, 5.41) is 2.41. The van der Waals surface area contributed by atoms with E-state index in [-0.39, 0.29) is 0 Å². The third kappa shape index (κ3) is 1.63. The lowest BCUT2D eigenvalue weighted by Gasteiger charge is -2.11. The number of anilines is 1. The Bertz CT molecular complexity index is 717. The maximum atomic E-state index is 6.05. The fourth-order valence-electron chi connectivity index (χ4n) is 2.32. The van der Waals surface area contributed by atoms with Gasteiger partial charge in [0.25, 0.3) is 0 Å². The maximum Gasteiger partial charge on any atom is 0.0939 e. The van der Waals surface area contributed by atoms with Crippen LogP contribution in [0.1, 0.15) is 5.56 Å². The van der Waals surface area contributed by atoms with Crippen LogP contribution in [0.2, 0.25) is 0 Å². The van der Waals surface area contributed by atoms with Gasteiger partial charge in [-0.1, -0.05) is 36.4 Å². The molecular formula is C16H14N2. The van der Waals surface area contributed by atoms with Crippen molar-refractivity contribution < 1.29 is 0 Å². The van der Waals surface area contributed by atoms with Gasteiger partial charge in [0.1, 0.15) is 0 Å². The minimum absolute atomic E-state index is 0.719. The van der Waals surface area contributed by atoms with E-state index in [4.69, 9.17) is 5.73 Å². The average molecular weight is 234 g/mol. The highest BCUT2D eigenvalue weighted by Crippen LogP contribution is 2.33. The van der Waals surface area contributed by atoms with Crippen molar-refractivity contribution in [1.29, 1.82) is 0 Å². The number of nitrogens with zero attached hydrogens (tertiary/aromatic N) is 1. The van der Waals surface area contributed by atoms with Crippen molar-refractivity contribution in [2.45, 2.75) is 6.92 Å². The second kappa shape index (κ2) is 4.15. The van der Waals surface area contributed by atoms with E-state index in [2.05, 4.69) is 36.2 Å². The van der Waals surface area contributed by atoms with Crippen LogP contribution in [0.25, 0.3) is 22.0 Å². The summed E-state index contributed by atoms with van der Waals surface area (Å²) in [7, 11) is 0. The number of pyridine rings is 1. The van der Waals surface area contributed by atoms with Gasteiger partial charge >= 0.3 is 0 Å². The molecule has 18 heavy (non-hydrogen) atoms. The number of aromatic nitrogens is 1. The van der Waals surface area contributed by atoms with E-state index in [1.54, 1.807) is 6.20 Å². The number of hydrogen-bond acceptors (Lipinski definition) is 2. The van der Waals surface area contributed by atoms with Gasteiger partial charge in [0.15, 0.2) is 0 Å². The lowest BCUT2D eigenvalue weighted by molar-refractivity contribution is 1.32. The number of nitrogens with two attached hydrogens (primary N) is 1. The van der Waals surface area contributed by atoms with Crippen molar-refractivity contribution in [1.82, 2.24) is 4.98 Å². The molecule has 1 heterocycles. The maximum absolute atomic E-state index is 6.05. The molecule has 0 fully saturated rings. The van der Waals surface area contributed by atoms with Crippen LogP contribution in [0.3, 0.4) is 0 Å². The van der Waals surface area contributed by atoms with Gasteiger partial charge in [-0.15, -0.1) is 0 Å². The molecule has 0 radical (unpaired) electrons. The molecule has 0 saturated carbocycles. The molecule has 0 unspecified atom stereocenters. The zero-order valence-corrected chi connectivity index (χ0v) is 10.2. The van der Waals surface area contributed by atoms with Gasteiger partial charge < -0.3 is 5.73 Å². The van der Waals surface area contributed by atoms with Crippen molar-refractivity contribution in [3.63, 3.8) is 0 Å². The molecular weight excluding hydrogens is 220 g/mol. The van der Waals surface area contributed by atoms with E-state index in [9.17, 15) is 0 Å². The summed E-state index contributed by atoms with van der Waals surface area (Å²) in [4.78, 5) is 4.43. The molecule has 88 valence electrons. The third-order valence-electron chi connectivity index (χ3n) is 3.21. The molecule has 0 bridgehead atoms. The minimum atomic E-state index is 0.719. The molecule has 0 aliphatic heterocycles. The summed E-state index contributed by atoms with van der Waals surface area (Å²) in [6.45, 7) is 2.09. The predicted molar refractivity (Wildman–Crippen MR) is 76.3 cm³/mol. The Balaban J connectivity index is 2.42. The largest absolute Gasteiger partial charge is 0.397 e. The van der Waals surface area contributed by atoms with Crippen LogP contribution in [0.4, 0.5) is 5.69 Å². The molecule has 3 rings (SSSR count). The standard InChI is InChI=1S/C16H14N2/c1-11-8-9-12-5-2-3-6-13(12)15(11)16-14(17)7-4-10-18-16/h2-10H,17H2,1H3. The number of nitrogen functional groups attached to an aromatic ring is 1. The van der Waals surface area contributed by atoms with Gasteiger partial charge in [-0.25, -0.2) is 0 Å². The van der Waals surface area contributed by atoms with Crippen molar-refractivity contribution in [2.75, 3.05) is 5.73 Å². The first-order chi connectivity index (χ1) is 8.77. The van der Waals surface area contributed by atoms with Crippen LogP contribution in [0.15, 0.2) is 54.7 Å². The van der Waals surface area contributed by atoms with Gasteiger partial charge in [0, 0.05) is 11.8 Å². The Morgan fingerprint density at radius 1 is 0.944 bits per heavy atom. The number of fused-ring (bicyclic) bond motifs is 1. The van der Waals surface area contributed by atoms with E-state index in [0.29, 0.717) is 0 Å². The molecule has 2 nitrogen and oxygen atoms in total. The van der Waals surface area contributed by atoms with E-state index >= 15 is 0 Å². The summed E-state index contributed by atoms with van der Waals surface area (Å²) < 4.78 is 0. The van der Waals surface area contributed by atoms with Crippen LogP contribution in [0, 0.1) is 6.92 Å². The smallest absolute Gasteiger partial charge is 0.0939 e. The van der Waals surface area contributed by atoms with Crippen LogP contribution < -0.4 is 5.73 Å². The van der Waals surface area contributed by atoms with E-state index in [0.717, 1.165) is 16.9 Å². The number of hydrogen-bond donors (Lipinski definition) is 1. The molecule has 0 atom stereocenters. The SMILES string of the molecule is Cc1ccc2ccccc2c1-c1ncccc1N. The Morgan fingerprint density at radius 2 is 1.78 bits per heavy atom. The zero-order chi connectivity index (χ0) is 12.5. The molecule has 2 aromatic carbocycles. The number of benzene rings is 2. The van der Waals surface area contributed by atoms with Crippen molar-refractivity contribution >= 4 is 16.5 Å². The lowest BCUT2D eigenvalue weighted by atomic mass is 9.96. The predicted octanol–water partition coefficient (Wildman–Crippen LogP) is 3.79. The Hall–Kier alpha value is -2.35. The Labute approximate surface area is 106 Å². The molecule has 1 aromatic heterocycles. The van der Waals surface area contributed by atoms with Crippen LogP contribution >= 0.6 is 0 Å². The zero-order valence-electron chi connectivity index (χ0n) is 10.2. The average Bonchev–Trinajstić information content (AvgIpc) is 2.40. The monoisotopic (exact) mass is 234 g/mol. The fraction of sp³-hybridized carbons (Fsp3) is 0.0625. The van der Waals surface area contributed by atoms with Crippen molar-refractivity contribution in [2.24, 2.45) is 0 Å². The molecule has 0 saturated heterocycles. The van der Waals surface area contributed by atoms with Crippen LogP contribution in [-0.4, -0.2) is 4.98 Å². The third-order valence-corrected chi connectivity index (χ3v) is 3.21. The van der Waals surface area contributed by atoms with Gasteiger partial charge in [-0.3, -0.25) is 4.98 Å². The fourth-order valence-corrected chi connectivity index (χ4v) is 2.32. The summed E-state index contributed by atoms with van der Waals surface area (Å²) in [6, 6.07) is 16.3. The highest BCUT2D eigenvalue weighted by Gasteiger charge is 2.10. The molecule has 0 spiro atoms. The van der Waals surface area contributed by atoms with Gasteiger partial charge in [-0.05, 0) is 35.4 Å². The van der Waals surface area contributed by atoms with Crippen LogP contribution in [0.5, 0.6) is 0 Å². The van der Waals surface area contributed by atoms with Gasteiger partial charge in [0.05, 0.1) is 11.4 Å². The first-order valence-electron chi connectivity index (χ1n) is 5.96. The highest BCUT2D eigenvalue weighted by atomic mass is 14.7. The van der Waals surface area contributed by atoms with Crippen LogP contribution in [-0.2, 0) is 0 Å². The van der Waals surface area contributed by atoms with Gasteiger partial charge in [-0.2, -0.15) is 0 Å². The second-order valence-electron chi connectivity index (χ2n) is 4.42. The van der Waals surface area contributed by atoms with Gasteiger partial charge in [0.2, 0.25) is 0 Å². The first kappa shape index (κ1) is 10.8. The summed E-state index contributed by atoms with van der Waals surface area (Å²) >= 11 is 0. The van der Waals surface area contributed by atoms with E-state index < -0.39 is 0 Å². The molecule has 2 heteroatoms. The molecule has 3 aromatic rings. The molecule has 0 aliphatic rings. The Kier molecular flexibility index (Phi) is 2.49. The van der Waals surface area contributed by atoms with Crippen molar-refractivity contribution in [3.05, 3.63) is 60.3 Å².